The van der Waals surface area contributed by atoms with E-state index >= 15 is 0 Å². The van der Waals surface area contributed by atoms with Crippen molar-refractivity contribution in [2.24, 2.45) is 5.10 Å². The molecule has 8 heteroatoms. The van der Waals surface area contributed by atoms with Crippen molar-refractivity contribution in [2.75, 3.05) is 0 Å². The van der Waals surface area contributed by atoms with Crippen molar-refractivity contribution in [3.8, 4) is 17.3 Å². The molecule has 6 nitrogen and oxygen atoms in total. The number of benzene rings is 4. The minimum absolute atomic E-state index is 0.245. The first-order valence-corrected chi connectivity index (χ1v) is 12.1. The van der Waals surface area contributed by atoms with Crippen LogP contribution >= 0.6 is 11.6 Å². The Labute approximate surface area is 221 Å². The zero-order valence-electron chi connectivity index (χ0n) is 19.8. The molecule has 0 aliphatic rings. The third-order valence-electron chi connectivity index (χ3n) is 5.95. The lowest BCUT2D eigenvalue weighted by Crippen LogP contribution is -2.20. The van der Waals surface area contributed by atoms with Crippen LogP contribution in [0.3, 0.4) is 0 Å². The highest BCUT2D eigenvalue weighted by Gasteiger charge is 2.16. The smallest absolute Gasteiger partial charge is 0.282 e. The first-order chi connectivity index (χ1) is 18.5. The van der Waals surface area contributed by atoms with Crippen LogP contribution in [0.5, 0.6) is 5.75 Å². The molecule has 0 aliphatic carbocycles. The van der Waals surface area contributed by atoms with Gasteiger partial charge in [-0.2, -0.15) is 9.78 Å². The molecule has 0 unspecified atom stereocenters. The first kappa shape index (κ1) is 23.6. The molecular formula is C30H19ClFN3O3. The summed E-state index contributed by atoms with van der Waals surface area (Å²) >= 11 is 6.13. The summed E-state index contributed by atoms with van der Waals surface area (Å²) < 4.78 is 26.4. The Morgan fingerprint density at radius 3 is 2.66 bits per heavy atom. The van der Waals surface area contributed by atoms with E-state index in [0.29, 0.717) is 33.0 Å². The van der Waals surface area contributed by atoms with Crippen LogP contribution in [0.25, 0.3) is 33.5 Å². The van der Waals surface area contributed by atoms with Gasteiger partial charge in [-0.3, -0.25) is 4.79 Å². The van der Waals surface area contributed by atoms with Crippen LogP contribution in [0.15, 0.2) is 111 Å². The first-order valence-electron chi connectivity index (χ1n) is 11.8. The van der Waals surface area contributed by atoms with E-state index in [1.165, 1.54) is 16.8 Å². The fourth-order valence-electron chi connectivity index (χ4n) is 4.08. The van der Waals surface area contributed by atoms with Gasteiger partial charge in [-0.15, -0.1) is 0 Å². The van der Waals surface area contributed by atoms with Gasteiger partial charge in [0.1, 0.15) is 23.8 Å². The van der Waals surface area contributed by atoms with Crippen LogP contribution in [-0.2, 0) is 6.61 Å². The Morgan fingerprint density at radius 2 is 1.82 bits per heavy atom. The molecule has 186 valence electrons. The van der Waals surface area contributed by atoms with Gasteiger partial charge >= 0.3 is 0 Å². The fraction of sp³-hybridized carbons (Fsp3) is 0.0333. The molecule has 0 bridgehead atoms. The van der Waals surface area contributed by atoms with Crippen molar-refractivity contribution >= 4 is 39.7 Å². The largest absolute Gasteiger partial charge is 0.489 e. The summed E-state index contributed by atoms with van der Waals surface area (Å²) in [6, 6.07) is 27.6. The highest BCUT2D eigenvalue weighted by atomic mass is 35.5. The molecule has 4 aromatic carbocycles. The number of fused-ring (bicyclic) bond motifs is 2. The van der Waals surface area contributed by atoms with Gasteiger partial charge < -0.3 is 9.15 Å². The summed E-state index contributed by atoms with van der Waals surface area (Å²) in [7, 11) is 0. The third-order valence-corrected chi connectivity index (χ3v) is 6.18. The van der Waals surface area contributed by atoms with Crippen LogP contribution in [0, 0.1) is 5.82 Å². The number of halogens is 2. The Balaban J connectivity index is 1.33. The number of nitrogens with zero attached hydrogens (tertiary/aromatic N) is 3. The number of para-hydroxylation sites is 1. The lowest BCUT2D eigenvalue weighted by Gasteiger charge is -2.08. The quantitative estimate of drug-likeness (QED) is 0.219. The molecule has 0 saturated heterocycles. The molecule has 0 amide bonds. The summed E-state index contributed by atoms with van der Waals surface area (Å²) in [6.45, 7) is 0.245. The number of aromatic nitrogens is 2. The second kappa shape index (κ2) is 9.95. The molecule has 0 spiro atoms. The average Bonchev–Trinajstić information content (AvgIpc) is 3.35. The molecule has 0 radical (unpaired) electrons. The maximum atomic E-state index is 13.4. The van der Waals surface area contributed by atoms with Crippen molar-refractivity contribution in [2.45, 2.75) is 6.61 Å². The number of ether oxygens (including phenoxy) is 1. The number of rotatable bonds is 6. The molecule has 0 fully saturated rings. The molecule has 2 heterocycles. The van der Waals surface area contributed by atoms with E-state index in [-0.39, 0.29) is 23.8 Å². The SMILES string of the molecule is O=c1c2ccccc2nc(-c2cc3cc(Cl)ccc3o2)n1N=Cc1ccc(OCc2cccc(F)c2)cc1. The van der Waals surface area contributed by atoms with Crippen LogP contribution < -0.4 is 10.3 Å². The lowest BCUT2D eigenvalue weighted by molar-refractivity contribution is 0.305. The third kappa shape index (κ3) is 4.79. The molecule has 0 saturated carbocycles. The minimum atomic E-state index is -0.324. The predicted octanol–water partition coefficient (Wildman–Crippen LogP) is 7.06. The Bertz CT molecular complexity index is 1880. The molecular weight excluding hydrogens is 505 g/mol. The monoisotopic (exact) mass is 523 g/mol. The Kier molecular flexibility index (Phi) is 6.19. The van der Waals surface area contributed by atoms with Crippen molar-refractivity contribution in [3.63, 3.8) is 0 Å². The van der Waals surface area contributed by atoms with Gasteiger partial charge in [0.2, 0.25) is 5.82 Å². The highest BCUT2D eigenvalue weighted by molar-refractivity contribution is 6.31. The zero-order chi connectivity index (χ0) is 26.1. The summed E-state index contributed by atoms with van der Waals surface area (Å²) in [4.78, 5) is 18.1. The van der Waals surface area contributed by atoms with Crippen LogP contribution in [-0.4, -0.2) is 15.9 Å². The Hall–Kier alpha value is -4.75. The van der Waals surface area contributed by atoms with E-state index in [9.17, 15) is 9.18 Å². The number of furan rings is 1. The van der Waals surface area contributed by atoms with Crippen LogP contribution in [0.2, 0.25) is 5.02 Å². The number of hydrogen-bond acceptors (Lipinski definition) is 5. The second-order valence-electron chi connectivity index (χ2n) is 8.59. The maximum absolute atomic E-state index is 13.4. The standard InChI is InChI=1S/C30H19ClFN3O3/c31-22-10-13-27-21(15-22)16-28(38-27)29-34-26-7-2-1-6-25(26)30(36)35(29)33-17-19-8-11-24(12-9-19)37-18-20-4-3-5-23(32)14-20/h1-17H,18H2. The second-order valence-corrected chi connectivity index (χ2v) is 9.03. The van der Waals surface area contributed by atoms with Gasteiger partial charge in [0.15, 0.2) is 5.76 Å². The van der Waals surface area contributed by atoms with Gasteiger partial charge in [0, 0.05) is 10.4 Å². The average molecular weight is 524 g/mol. The molecule has 6 aromatic rings. The molecule has 0 atom stereocenters. The topological polar surface area (TPSA) is 69.6 Å². The van der Waals surface area contributed by atoms with Crippen molar-refractivity contribution < 1.29 is 13.5 Å². The Morgan fingerprint density at radius 1 is 0.974 bits per heavy atom. The van der Waals surface area contributed by atoms with Crippen molar-refractivity contribution in [3.05, 3.63) is 129 Å². The van der Waals surface area contributed by atoms with Gasteiger partial charge in [0.25, 0.3) is 5.56 Å². The molecule has 6 rings (SSSR count). The highest BCUT2D eigenvalue weighted by Crippen LogP contribution is 2.29. The van der Waals surface area contributed by atoms with E-state index in [2.05, 4.69) is 10.1 Å². The van der Waals surface area contributed by atoms with Crippen LogP contribution in [0.4, 0.5) is 4.39 Å². The normalized spacial score (nSPS) is 11.5. The minimum Gasteiger partial charge on any atom is -0.489 e. The van der Waals surface area contributed by atoms with Crippen LogP contribution in [0.1, 0.15) is 11.1 Å². The fourth-order valence-corrected chi connectivity index (χ4v) is 4.26. The van der Waals surface area contributed by atoms with Gasteiger partial charge in [-0.1, -0.05) is 35.9 Å². The predicted molar refractivity (Wildman–Crippen MR) is 146 cm³/mol. The summed E-state index contributed by atoms with van der Waals surface area (Å²) in [6.07, 6.45) is 1.57. The molecule has 2 aromatic heterocycles. The van der Waals surface area contributed by atoms with E-state index in [1.807, 2.05) is 18.2 Å². The lowest BCUT2D eigenvalue weighted by atomic mass is 10.2. The molecule has 0 N–H and O–H groups in total. The van der Waals surface area contributed by atoms with E-state index in [1.54, 1.807) is 72.9 Å². The molecule has 38 heavy (non-hydrogen) atoms. The summed E-state index contributed by atoms with van der Waals surface area (Å²) in [5.74, 6) is 0.982. The van der Waals surface area contributed by atoms with E-state index < -0.39 is 0 Å². The zero-order valence-corrected chi connectivity index (χ0v) is 20.6. The summed E-state index contributed by atoms with van der Waals surface area (Å²) in [5.41, 5.74) is 2.31. The van der Waals surface area contributed by atoms with Gasteiger partial charge in [0.05, 0.1) is 17.1 Å². The van der Waals surface area contributed by atoms with Gasteiger partial charge in [-0.25, -0.2) is 9.37 Å². The maximum Gasteiger partial charge on any atom is 0.282 e. The van der Waals surface area contributed by atoms with Crippen molar-refractivity contribution in [1.29, 1.82) is 0 Å². The number of hydrogen-bond donors (Lipinski definition) is 0. The summed E-state index contributed by atoms with van der Waals surface area (Å²) in [5, 5.41) is 6.28. The van der Waals surface area contributed by atoms with Crippen molar-refractivity contribution in [1.82, 2.24) is 9.66 Å². The molecule has 0 aliphatic heterocycles. The van der Waals surface area contributed by atoms with E-state index in [4.69, 9.17) is 20.8 Å². The van der Waals surface area contributed by atoms with Gasteiger partial charge in [-0.05, 0) is 83.9 Å². The van der Waals surface area contributed by atoms with E-state index in [0.717, 1.165) is 16.5 Å².